The molecular formula is C16H23BrN4O2. The number of nitrogens with two attached hydrogens (primary N) is 1. The topological polar surface area (TPSA) is 74.7 Å². The number of hydrogen-bond acceptors (Lipinski definition) is 5. The van der Waals surface area contributed by atoms with Crippen molar-refractivity contribution in [3.05, 3.63) is 22.6 Å². The smallest absolute Gasteiger partial charge is 0.152 e. The Balaban J connectivity index is 1.76. The molecule has 1 saturated heterocycles. The van der Waals surface area contributed by atoms with E-state index < -0.39 is 0 Å². The monoisotopic (exact) mass is 382 g/mol. The summed E-state index contributed by atoms with van der Waals surface area (Å²) in [6.07, 6.45) is 4.83. The van der Waals surface area contributed by atoms with E-state index in [2.05, 4.69) is 39.9 Å². The van der Waals surface area contributed by atoms with Gasteiger partial charge >= 0.3 is 0 Å². The van der Waals surface area contributed by atoms with Crippen molar-refractivity contribution in [3.8, 4) is 0 Å². The molecule has 1 fully saturated rings. The van der Waals surface area contributed by atoms with Gasteiger partial charge in [-0.05, 0) is 40.8 Å². The van der Waals surface area contributed by atoms with Crippen LogP contribution >= 0.6 is 15.9 Å². The maximum absolute atomic E-state index is 6.23. The van der Waals surface area contributed by atoms with Crippen molar-refractivity contribution >= 4 is 27.3 Å². The summed E-state index contributed by atoms with van der Waals surface area (Å²) in [5.74, 6) is 0.860. The van der Waals surface area contributed by atoms with Gasteiger partial charge in [-0.3, -0.25) is 0 Å². The predicted octanol–water partition coefficient (Wildman–Crippen LogP) is 3.36. The van der Waals surface area contributed by atoms with Crippen molar-refractivity contribution in [3.63, 3.8) is 0 Å². The average molecular weight is 383 g/mol. The van der Waals surface area contributed by atoms with E-state index >= 15 is 0 Å². The number of nitrogens with zero attached hydrogens (tertiary/aromatic N) is 3. The van der Waals surface area contributed by atoms with Crippen molar-refractivity contribution < 1.29 is 9.47 Å². The molecule has 0 aliphatic carbocycles. The summed E-state index contributed by atoms with van der Waals surface area (Å²) >= 11 is 3.55. The summed E-state index contributed by atoms with van der Waals surface area (Å²) in [5.41, 5.74) is 7.76. The van der Waals surface area contributed by atoms with Gasteiger partial charge < -0.3 is 15.2 Å². The van der Waals surface area contributed by atoms with Gasteiger partial charge in [-0.2, -0.15) is 5.10 Å². The number of anilines is 1. The number of halogens is 1. The number of hydrogen-bond donors (Lipinski definition) is 1. The molecule has 2 N–H and O–H groups in total. The largest absolute Gasteiger partial charge is 0.382 e. The molecule has 0 unspecified atom stereocenters. The normalized spacial score (nSPS) is 24.6. The van der Waals surface area contributed by atoms with Gasteiger partial charge in [0.25, 0.3) is 0 Å². The Kier molecular flexibility index (Phi) is 5.18. The quantitative estimate of drug-likeness (QED) is 0.775. The Bertz CT molecular complexity index is 675. The summed E-state index contributed by atoms with van der Waals surface area (Å²) < 4.78 is 14.7. The number of ether oxygens (including phenoxy) is 2. The molecule has 0 amide bonds. The van der Waals surface area contributed by atoms with Crippen LogP contribution in [0.5, 0.6) is 0 Å². The van der Waals surface area contributed by atoms with Gasteiger partial charge in [-0.15, -0.1) is 0 Å². The van der Waals surface area contributed by atoms with Gasteiger partial charge in [0, 0.05) is 11.1 Å². The van der Waals surface area contributed by atoms with Crippen molar-refractivity contribution in [2.45, 2.75) is 45.3 Å². The first-order valence-electron chi connectivity index (χ1n) is 8.12. The van der Waals surface area contributed by atoms with Crippen LogP contribution in [-0.2, 0) is 9.47 Å². The van der Waals surface area contributed by atoms with Gasteiger partial charge in [-0.25, -0.2) is 9.50 Å². The highest BCUT2D eigenvalue weighted by Crippen LogP contribution is 2.40. The molecule has 0 saturated carbocycles. The van der Waals surface area contributed by atoms with Crippen LogP contribution in [0.4, 0.5) is 5.82 Å². The van der Waals surface area contributed by atoms with E-state index in [1.807, 2.05) is 10.6 Å². The molecule has 2 aromatic heterocycles. The zero-order valence-corrected chi connectivity index (χ0v) is 15.1. The Hall–Kier alpha value is -1.18. The van der Waals surface area contributed by atoms with Crippen molar-refractivity contribution in [2.24, 2.45) is 5.92 Å². The van der Waals surface area contributed by atoms with E-state index in [0.29, 0.717) is 18.3 Å². The van der Waals surface area contributed by atoms with Crippen LogP contribution in [0.25, 0.3) is 5.52 Å². The molecular weight excluding hydrogens is 360 g/mol. The number of fused-ring (bicyclic) bond motifs is 1. The van der Waals surface area contributed by atoms with Gasteiger partial charge in [0.05, 0.1) is 18.4 Å². The van der Waals surface area contributed by atoms with E-state index in [1.54, 1.807) is 0 Å². The Morgan fingerprint density at radius 2 is 2.35 bits per heavy atom. The minimum atomic E-state index is -0.0112. The maximum atomic E-state index is 6.23. The zero-order chi connectivity index (χ0) is 16.4. The number of unbranched alkanes of at least 4 members (excludes halogenated alkanes) is 1. The molecule has 126 valence electrons. The first kappa shape index (κ1) is 16.7. The molecule has 2 aromatic rings. The Labute approximate surface area is 144 Å². The molecule has 23 heavy (non-hydrogen) atoms. The molecule has 0 aromatic carbocycles. The lowest BCUT2D eigenvalue weighted by Gasteiger charge is -2.15. The fourth-order valence-corrected chi connectivity index (χ4v) is 3.72. The molecule has 7 heteroatoms. The standard InChI is InChI=1S/C16H23BrN4O2/c1-3-4-5-22-8-11-6-10(2)15(23-11)13-7-12(17)14-16(18)19-9-20-21(13)14/h7,9-11,15H,3-6,8H2,1-2H3,(H2,18,19,20)/t10-,11-,15+/m0/s1. The molecule has 6 nitrogen and oxygen atoms in total. The van der Waals surface area contributed by atoms with E-state index in [0.717, 1.165) is 41.6 Å². The van der Waals surface area contributed by atoms with Crippen molar-refractivity contribution in [1.29, 1.82) is 0 Å². The van der Waals surface area contributed by atoms with E-state index in [9.17, 15) is 0 Å². The van der Waals surface area contributed by atoms with Crippen LogP contribution in [0.15, 0.2) is 16.9 Å². The molecule has 0 spiro atoms. The van der Waals surface area contributed by atoms with E-state index in [4.69, 9.17) is 15.2 Å². The SMILES string of the molecule is CCCCOC[C@@H]1C[C@H](C)[C@H](c2cc(Br)c3c(N)ncnn23)O1. The van der Waals surface area contributed by atoms with Crippen LogP contribution in [0.1, 0.15) is 44.9 Å². The fourth-order valence-electron chi connectivity index (χ4n) is 3.11. The number of aromatic nitrogens is 3. The summed E-state index contributed by atoms with van der Waals surface area (Å²) in [4.78, 5) is 4.06. The average Bonchev–Trinajstić information content (AvgIpc) is 3.05. The van der Waals surface area contributed by atoms with Gasteiger partial charge in [0.2, 0.25) is 0 Å². The minimum absolute atomic E-state index is 0.0112. The van der Waals surface area contributed by atoms with Crippen LogP contribution < -0.4 is 5.73 Å². The number of nitrogen functional groups attached to an aromatic ring is 1. The molecule has 1 aliphatic rings. The molecule has 1 aliphatic heterocycles. The Morgan fingerprint density at radius 1 is 1.52 bits per heavy atom. The summed E-state index contributed by atoms with van der Waals surface area (Å²) in [5, 5.41) is 4.34. The second-order valence-corrected chi connectivity index (χ2v) is 7.00. The van der Waals surface area contributed by atoms with Crippen LogP contribution in [-0.4, -0.2) is 33.9 Å². The minimum Gasteiger partial charge on any atom is -0.382 e. The lowest BCUT2D eigenvalue weighted by Crippen LogP contribution is -2.16. The Morgan fingerprint density at radius 3 is 3.13 bits per heavy atom. The highest BCUT2D eigenvalue weighted by molar-refractivity contribution is 9.10. The lowest BCUT2D eigenvalue weighted by atomic mass is 10.00. The summed E-state index contributed by atoms with van der Waals surface area (Å²) in [6, 6.07) is 2.03. The molecule has 3 rings (SSSR count). The third-order valence-electron chi connectivity index (χ3n) is 4.29. The highest BCUT2D eigenvalue weighted by Gasteiger charge is 2.35. The highest BCUT2D eigenvalue weighted by atomic mass is 79.9. The van der Waals surface area contributed by atoms with Crippen LogP contribution in [0.3, 0.4) is 0 Å². The van der Waals surface area contributed by atoms with Crippen molar-refractivity contribution in [1.82, 2.24) is 14.6 Å². The molecule has 0 bridgehead atoms. The summed E-state index contributed by atoms with van der Waals surface area (Å²) in [6.45, 7) is 5.83. The third-order valence-corrected chi connectivity index (χ3v) is 4.90. The molecule has 3 atom stereocenters. The second-order valence-electron chi connectivity index (χ2n) is 6.14. The third kappa shape index (κ3) is 3.36. The lowest BCUT2D eigenvalue weighted by molar-refractivity contribution is -0.0216. The number of rotatable bonds is 6. The first-order chi connectivity index (χ1) is 11.1. The maximum Gasteiger partial charge on any atom is 0.152 e. The predicted molar refractivity (Wildman–Crippen MR) is 92.2 cm³/mol. The van der Waals surface area contributed by atoms with Gasteiger partial charge in [-0.1, -0.05) is 20.3 Å². The zero-order valence-electron chi connectivity index (χ0n) is 13.5. The van der Waals surface area contributed by atoms with Gasteiger partial charge in [0.1, 0.15) is 17.9 Å². The summed E-state index contributed by atoms with van der Waals surface area (Å²) in [7, 11) is 0. The van der Waals surface area contributed by atoms with E-state index in [1.165, 1.54) is 6.33 Å². The van der Waals surface area contributed by atoms with Crippen molar-refractivity contribution in [2.75, 3.05) is 18.9 Å². The van der Waals surface area contributed by atoms with E-state index in [-0.39, 0.29) is 12.2 Å². The van der Waals surface area contributed by atoms with Crippen LogP contribution in [0, 0.1) is 5.92 Å². The second kappa shape index (κ2) is 7.15. The van der Waals surface area contributed by atoms with Crippen LogP contribution in [0.2, 0.25) is 0 Å². The first-order valence-corrected chi connectivity index (χ1v) is 8.92. The molecule has 0 radical (unpaired) electrons. The molecule has 3 heterocycles. The fraction of sp³-hybridized carbons (Fsp3) is 0.625. The van der Waals surface area contributed by atoms with Gasteiger partial charge in [0.15, 0.2) is 5.82 Å².